The van der Waals surface area contributed by atoms with Crippen LogP contribution in [0.1, 0.15) is 45.0 Å². The third-order valence-corrected chi connectivity index (χ3v) is 3.13. The molecule has 1 aromatic heterocycles. The highest BCUT2D eigenvalue weighted by Crippen LogP contribution is 2.19. The van der Waals surface area contributed by atoms with Crippen molar-refractivity contribution in [3.8, 4) is 0 Å². The molecular weight excluding hydrogens is 290 g/mol. The van der Waals surface area contributed by atoms with E-state index in [2.05, 4.69) is 37.9 Å². The fraction of sp³-hybridized carbons (Fsp3) is 0.471. The summed E-state index contributed by atoms with van der Waals surface area (Å²) in [5.74, 6) is 2.00. The topological polar surface area (TPSA) is 75.3 Å². The molecule has 0 aliphatic heterocycles. The zero-order valence-corrected chi connectivity index (χ0v) is 14.3. The Morgan fingerprint density at radius 2 is 1.91 bits per heavy atom. The maximum atomic E-state index is 5.29. The van der Waals surface area contributed by atoms with E-state index in [1.807, 2.05) is 45.9 Å². The van der Waals surface area contributed by atoms with Gasteiger partial charge in [-0.15, -0.1) is 0 Å². The van der Waals surface area contributed by atoms with E-state index in [1.54, 1.807) is 0 Å². The fourth-order valence-corrected chi connectivity index (χ4v) is 1.89. The monoisotopic (exact) mass is 315 g/mol. The summed E-state index contributed by atoms with van der Waals surface area (Å²) in [4.78, 5) is 8.97. The van der Waals surface area contributed by atoms with Crippen LogP contribution in [-0.4, -0.2) is 22.6 Å². The lowest BCUT2D eigenvalue weighted by molar-refractivity contribution is 0.318. The lowest BCUT2D eigenvalue weighted by Crippen LogP contribution is -2.37. The first-order valence-electron chi connectivity index (χ1n) is 7.88. The van der Waals surface area contributed by atoms with Crippen molar-refractivity contribution in [3.05, 3.63) is 47.6 Å². The van der Waals surface area contributed by atoms with Gasteiger partial charge in [0.05, 0.1) is 13.1 Å². The van der Waals surface area contributed by atoms with E-state index in [-0.39, 0.29) is 5.41 Å². The lowest BCUT2D eigenvalue weighted by atomic mass is 9.97. The summed E-state index contributed by atoms with van der Waals surface area (Å²) in [7, 11) is 0. The summed E-state index contributed by atoms with van der Waals surface area (Å²) in [6.45, 7) is 10.1. The Balaban J connectivity index is 1.95. The molecule has 0 radical (unpaired) electrons. The standard InChI is InChI=1S/C17H25N5O/c1-5-18-16(19-11-13-9-7-6-8-10-13)20-12-14-21-15(23-22-14)17(2,3)4/h6-10H,5,11-12H2,1-4H3,(H2,18,19,20). The molecular formula is C17H25N5O. The third-order valence-electron chi connectivity index (χ3n) is 3.13. The van der Waals surface area contributed by atoms with E-state index in [9.17, 15) is 0 Å². The number of hydrogen-bond acceptors (Lipinski definition) is 4. The van der Waals surface area contributed by atoms with Gasteiger partial charge in [0, 0.05) is 12.0 Å². The summed E-state index contributed by atoms with van der Waals surface area (Å²) in [5.41, 5.74) is 1.02. The van der Waals surface area contributed by atoms with Gasteiger partial charge in [0.25, 0.3) is 0 Å². The van der Waals surface area contributed by atoms with Gasteiger partial charge in [-0.1, -0.05) is 56.3 Å². The fourth-order valence-electron chi connectivity index (χ4n) is 1.89. The predicted molar refractivity (Wildman–Crippen MR) is 91.1 cm³/mol. The predicted octanol–water partition coefficient (Wildman–Crippen LogP) is 2.62. The molecule has 2 N–H and O–H groups in total. The van der Waals surface area contributed by atoms with Crippen molar-refractivity contribution in [1.29, 1.82) is 0 Å². The third kappa shape index (κ3) is 5.39. The average Bonchev–Trinajstić information content (AvgIpc) is 3.00. The number of aromatic nitrogens is 2. The van der Waals surface area contributed by atoms with Crippen LogP contribution < -0.4 is 10.6 Å². The second kappa shape index (κ2) is 7.76. The molecule has 0 aliphatic carbocycles. The number of benzene rings is 1. The van der Waals surface area contributed by atoms with Crippen LogP contribution in [-0.2, 0) is 18.5 Å². The van der Waals surface area contributed by atoms with E-state index >= 15 is 0 Å². The van der Waals surface area contributed by atoms with Crippen LogP contribution in [0.15, 0.2) is 39.8 Å². The summed E-state index contributed by atoms with van der Waals surface area (Å²) in [6.07, 6.45) is 0. The van der Waals surface area contributed by atoms with Crippen molar-refractivity contribution in [2.75, 3.05) is 6.54 Å². The molecule has 6 nitrogen and oxygen atoms in total. The highest BCUT2D eigenvalue weighted by molar-refractivity contribution is 5.79. The molecule has 0 fully saturated rings. The van der Waals surface area contributed by atoms with Gasteiger partial charge < -0.3 is 15.2 Å². The second-order valence-corrected chi connectivity index (χ2v) is 6.30. The van der Waals surface area contributed by atoms with Gasteiger partial charge in [-0.3, -0.25) is 0 Å². The first-order valence-corrected chi connectivity index (χ1v) is 7.88. The zero-order chi connectivity index (χ0) is 16.7. The van der Waals surface area contributed by atoms with E-state index in [0.717, 1.165) is 12.5 Å². The van der Waals surface area contributed by atoms with Crippen LogP contribution in [0, 0.1) is 0 Å². The highest BCUT2D eigenvalue weighted by Gasteiger charge is 2.21. The number of rotatable bonds is 5. The quantitative estimate of drug-likeness (QED) is 0.655. The van der Waals surface area contributed by atoms with Crippen molar-refractivity contribution < 1.29 is 4.52 Å². The van der Waals surface area contributed by atoms with Gasteiger partial charge in [-0.2, -0.15) is 4.98 Å². The second-order valence-electron chi connectivity index (χ2n) is 6.30. The lowest BCUT2D eigenvalue weighted by Gasteiger charge is -2.11. The Morgan fingerprint density at radius 1 is 1.17 bits per heavy atom. The van der Waals surface area contributed by atoms with E-state index < -0.39 is 0 Å². The normalized spacial score (nSPS) is 12.3. The van der Waals surface area contributed by atoms with E-state index in [4.69, 9.17) is 4.52 Å². The summed E-state index contributed by atoms with van der Waals surface area (Å²) in [6, 6.07) is 10.1. The molecule has 0 atom stereocenters. The minimum atomic E-state index is -0.142. The zero-order valence-electron chi connectivity index (χ0n) is 14.3. The van der Waals surface area contributed by atoms with Crippen molar-refractivity contribution >= 4 is 5.96 Å². The van der Waals surface area contributed by atoms with Gasteiger partial charge in [-0.05, 0) is 12.5 Å². The van der Waals surface area contributed by atoms with Crippen LogP contribution in [0.3, 0.4) is 0 Å². The van der Waals surface area contributed by atoms with E-state index in [1.165, 1.54) is 5.56 Å². The van der Waals surface area contributed by atoms with Crippen molar-refractivity contribution in [1.82, 2.24) is 20.8 Å². The van der Waals surface area contributed by atoms with E-state index in [0.29, 0.717) is 24.8 Å². The Hall–Kier alpha value is -2.37. The summed E-state index contributed by atoms with van der Waals surface area (Å²) >= 11 is 0. The molecule has 2 rings (SSSR count). The smallest absolute Gasteiger partial charge is 0.232 e. The van der Waals surface area contributed by atoms with Gasteiger partial charge >= 0.3 is 0 Å². The highest BCUT2D eigenvalue weighted by atomic mass is 16.5. The molecule has 1 heterocycles. The Kier molecular flexibility index (Phi) is 5.73. The molecule has 2 aromatic rings. The number of nitrogens with zero attached hydrogens (tertiary/aromatic N) is 3. The van der Waals surface area contributed by atoms with Gasteiger partial charge in [0.1, 0.15) is 0 Å². The first-order chi connectivity index (χ1) is 11.0. The number of aliphatic imine (C=N–C) groups is 1. The van der Waals surface area contributed by atoms with Crippen molar-refractivity contribution in [2.24, 2.45) is 4.99 Å². The Morgan fingerprint density at radius 3 is 2.52 bits per heavy atom. The van der Waals surface area contributed by atoms with Gasteiger partial charge in [0.15, 0.2) is 11.8 Å². The SMILES string of the molecule is CCNC(=NCc1ccccc1)NCc1noc(C(C)(C)C)n1. The molecule has 0 saturated carbocycles. The van der Waals surface area contributed by atoms with Crippen LogP contribution in [0.4, 0.5) is 0 Å². The molecule has 0 bridgehead atoms. The maximum Gasteiger partial charge on any atom is 0.232 e. The molecule has 6 heteroatoms. The molecule has 0 spiro atoms. The molecule has 0 unspecified atom stereocenters. The van der Waals surface area contributed by atoms with Gasteiger partial charge in [-0.25, -0.2) is 4.99 Å². The molecule has 0 amide bonds. The molecule has 0 saturated heterocycles. The van der Waals surface area contributed by atoms with Crippen molar-refractivity contribution in [3.63, 3.8) is 0 Å². The Labute approximate surface area is 137 Å². The summed E-state index contributed by atoms with van der Waals surface area (Å²) in [5, 5.41) is 10.4. The summed E-state index contributed by atoms with van der Waals surface area (Å²) < 4.78 is 5.29. The van der Waals surface area contributed by atoms with Crippen LogP contribution in [0.2, 0.25) is 0 Å². The maximum absolute atomic E-state index is 5.29. The minimum Gasteiger partial charge on any atom is -0.357 e. The van der Waals surface area contributed by atoms with Crippen LogP contribution >= 0.6 is 0 Å². The molecule has 23 heavy (non-hydrogen) atoms. The van der Waals surface area contributed by atoms with Crippen LogP contribution in [0.5, 0.6) is 0 Å². The number of hydrogen-bond donors (Lipinski definition) is 2. The van der Waals surface area contributed by atoms with Crippen LogP contribution in [0.25, 0.3) is 0 Å². The van der Waals surface area contributed by atoms with Crippen molar-refractivity contribution in [2.45, 2.75) is 46.2 Å². The average molecular weight is 315 g/mol. The number of guanidine groups is 1. The largest absolute Gasteiger partial charge is 0.357 e. The molecule has 0 aliphatic rings. The van der Waals surface area contributed by atoms with Gasteiger partial charge in [0.2, 0.25) is 5.89 Å². The molecule has 1 aromatic carbocycles. The number of nitrogens with one attached hydrogen (secondary N) is 2. The Bertz CT molecular complexity index is 628. The first kappa shape index (κ1) is 17.0. The molecule has 124 valence electrons. The minimum absolute atomic E-state index is 0.142.